The zero-order valence-corrected chi connectivity index (χ0v) is 10.7. The van der Waals surface area contributed by atoms with Crippen molar-refractivity contribution < 1.29 is 14.3 Å². The molecule has 0 bridgehead atoms. The molecule has 1 rings (SSSR count). The molecule has 0 spiro atoms. The van der Waals surface area contributed by atoms with E-state index in [9.17, 15) is 9.59 Å². The minimum Gasteiger partial charge on any atom is -0.492 e. The normalized spacial score (nSPS) is 9.80. The monoisotopic (exact) mass is 318 g/mol. The lowest BCUT2D eigenvalue weighted by Gasteiger charge is -2.11. The number of halogens is 1. The number of rotatable bonds is 4. The third-order valence-electron chi connectivity index (χ3n) is 1.91. The molecule has 0 aliphatic carbocycles. The summed E-state index contributed by atoms with van der Waals surface area (Å²) in [7, 11) is 0. The van der Waals surface area contributed by atoms with Gasteiger partial charge in [-0.3, -0.25) is 9.59 Å². The SMILES string of the molecule is CCOc1c(C=O)ccc(I)c1C(C)=O. The van der Waals surface area contributed by atoms with Gasteiger partial charge >= 0.3 is 0 Å². The van der Waals surface area contributed by atoms with Crippen LogP contribution in [0.15, 0.2) is 12.1 Å². The van der Waals surface area contributed by atoms with Gasteiger partial charge in [0.2, 0.25) is 0 Å². The summed E-state index contributed by atoms with van der Waals surface area (Å²) in [6.45, 7) is 3.72. The molecule has 0 unspecified atom stereocenters. The number of carbonyl (C=O) groups is 2. The minimum atomic E-state index is -0.0912. The predicted molar refractivity (Wildman–Crippen MR) is 65.7 cm³/mol. The number of hydrogen-bond donors (Lipinski definition) is 0. The second kappa shape index (κ2) is 5.25. The summed E-state index contributed by atoms with van der Waals surface area (Å²) in [4.78, 5) is 22.2. The van der Waals surface area contributed by atoms with Gasteiger partial charge in [-0.15, -0.1) is 0 Å². The molecule has 0 aliphatic heterocycles. The van der Waals surface area contributed by atoms with Gasteiger partial charge in [0.15, 0.2) is 12.1 Å². The average molecular weight is 318 g/mol. The zero-order valence-electron chi connectivity index (χ0n) is 8.54. The first kappa shape index (κ1) is 12.2. The summed E-state index contributed by atoms with van der Waals surface area (Å²) in [5.41, 5.74) is 0.907. The molecular formula is C11H11IO3. The molecule has 0 atom stereocenters. The average Bonchev–Trinajstić information content (AvgIpc) is 2.18. The van der Waals surface area contributed by atoms with Gasteiger partial charge in [-0.1, -0.05) is 0 Å². The van der Waals surface area contributed by atoms with Crippen LogP contribution >= 0.6 is 22.6 Å². The summed E-state index contributed by atoms with van der Waals surface area (Å²) >= 11 is 2.06. The third kappa shape index (κ3) is 2.56. The van der Waals surface area contributed by atoms with Gasteiger partial charge < -0.3 is 4.74 Å². The molecule has 0 N–H and O–H groups in total. The number of Topliss-reactive ketones (excluding diaryl/α,β-unsaturated/α-hetero) is 1. The first-order valence-electron chi connectivity index (χ1n) is 4.53. The van der Waals surface area contributed by atoms with Crippen LogP contribution in [0.4, 0.5) is 0 Å². The van der Waals surface area contributed by atoms with Crippen molar-refractivity contribution >= 4 is 34.7 Å². The number of aldehydes is 1. The largest absolute Gasteiger partial charge is 0.492 e. The number of benzene rings is 1. The molecule has 0 saturated carbocycles. The molecule has 3 nitrogen and oxygen atoms in total. The van der Waals surface area contributed by atoms with Crippen LogP contribution in [0.2, 0.25) is 0 Å². The first-order chi connectivity index (χ1) is 7.11. The maximum atomic E-state index is 11.4. The van der Waals surface area contributed by atoms with Crippen molar-refractivity contribution in [1.82, 2.24) is 0 Å². The van der Waals surface area contributed by atoms with Crippen molar-refractivity contribution in [2.75, 3.05) is 6.61 Å². The van der Waals surface area contributed by atoms with Gasteiger partial charge in [-0.05, 0) is 48.6 Å². The molecule has 0 radical (unpaired) electrons. The van der Waals surface area contributed by atoms with Crippen LogP contribution in [0.5, 0.6) is 5.75 Å². The van der Waals surface area contributed by atoms with Gasteiger partial charge in [0, 0.05) is 3.57 Å². The highest BCUT2D eigenvalue weighted by molar-refractivity contribution is 14.1. The fourth-order valence-electron chi connectivity index (χ4n) is 1.30. The van der Waals surface area contributed by atoms with E-state index in [-0.39, 0.29) is 5.78 Å². The standard InChI is InChI=1S/C11H11IO3/c1-3-15-11-8(6-13)4-5-9(12)10(11)7(2)14/h4-6H,3H2,1-2H3. The molecule has 0 aromatic heterocycles. The first-order valence-corrected chi connectivity index (χ1v) is 5.61. The molecule has 0 aliphatic rings. The second-order valence-electron chi connectivity index (χ2n) is 2.95. The van der Waals surface area contributed by atoms with Crippen LogP contribution in [0.25, 0.3) is 0 Å². The van der Waals surface area contributed by atoms with Crippen molar-refractivity contribution in [3.63, 3.8) is 0 Å². The highest BCUT2D eigenvalue weighted by Crippen LogP contribution is 2.28. The predicted octanol–water partition coefficient (Wildman–Crippen LogP) is 2.71. The molecule has 0 amide bonds. The van der Waals surface area contributed by atoms with Crippen LogP contribution in [0, 0.1) is 3.57 Å². The Morgan fingerprint density at radius 2 is 2.20 bits per heavy atom. The lowest BCUT2D eigenvalue weighted by Crippen LogP contribution is -2.06. The van der Waals surface area contributed by atoms with Crippen LogP contribution in [0.3, 0.4) is 0 Å². The Bertz CT molecular complexity index is 399. The molecule has 80 valence electrons. The quantitative estimate of drug-likeness (QED) is 0.487. The van der Waals surface area contributed by atoms with Crippen molar-refractivity contribution in [2.45, 2.75) is 13.8 Å². The molecule has 0 fully saturated rings. The summed E-state index contributed by atoms with van der Waals surface area (Å²) in [5.74, 6) is 0.304. The summed E-state index contributed by atoms with van der Waals surface area (Å²) in [6, 6.07) is 3.40. The maximum absolute atomic E-state index is 11.4. The number of ether oxygens (including phenoxy) is 1. The second-order valence-corrected chi connectivity index (χ2v) is 4.11. The van der Waals surface area contributed by atoms with Crippen molar-refractivity contribution in [3.05, 3.63) is 26.8 Å². The molecule has 1 aromatic carbocycles. The lowest BCUT2D eigenvalue weighted by molar-refractivity contribution is 0.101. The Kier molecular flexibility index (Phi) is 4.26. The Morgan fingerprint density at radius 3 is 2.67 bits per heavy atom. The summed E-state index contributed by atoms with van der Waals surface area (Å²) in [5, 5.41) is 0. The van der Waals surface area contributed by atoms with E-state index in [1.807, 2.05) is 6.92 Å². The third-order valence-corrected chi connectivity index (χ3v) is 2.80. The fraction of sp³-hybridized carbons (Fsp3) is 0.273. The van der Waals surface area contributed by atoms with Crippen molar-refractivity contribution in [2.24, 2.45) is 0 Å². The van der Waals surface area contributed by atoms with Gasteiger partial charge in [0.25, 0.3) is 0 Å². The van der Waals surface area contributed by atoms with Crippen LogP contribution < -0.4 is 4.74 Å². The van der Waals surface area contributed by atoms with Crippen molar-refractivity contribution in [1.29, 1.82) is 0 Å². The molecule has 1 aromatic rings. The highest BCUT2D eigenvalue weighted by atomic mass is 127. The Hall–Kier alpha value is -0.910. The van der Waals surface area contributed by atoms with E-state index in [4.69, 9.17) is 4.74 Å². The van der Waals surface area contributed by atoms with Gasteiger partial charge in [0.1, 0.15) is 5.75 Å². The van der Waals surface area contributed by atoms with E-state index >= 15 is 0 Å². The lowest BCUT2D eigenvalue weighted by atomic mass is 10.1. The van der Waals surface area contributed by atoms with Crippen LogP contribution in [0.1, 0.15) is 34.6 Å². The smallest absolute Gasteiger partial charge is 0.164 e. The van der Waals surface area contributed by atoms with E-state index in [0.717, 1.165) is 3.57 Å². The van der Waals surface area contributed by atoms with Gasteiger partial charge in [0.05, 0.1) is 17.7 Å². The molecule has 0 saturated heterocycles. The molecule has 0 heterocycles. The highest BCUT2D eigenvalue weighted by Gasteiger charge is 2.16. The van der Waals surface area contributed by atoms with E-state index in [1.54, 1.807) is 12.1 Å². The fourth-order valence-corrected chi connectivity index (χ4v) is 2.10. The topological polar surface area (TPSA) is 43.4 Å². The van der Waals surface area contributed by atoms with Crippen molar-refractivity contribution in [3.8, 4) is 5.75 Å². The van der Waals surface area contributed by atoms with Crippen LogP contribution in [-0.2, 0) is 0 Å². The number of carbonyl (C=O) groups excluding carboxylic acids is 2. The van der Waals surface area contributed by atoms with Crippen LogP contribution in [-0.4, -0.2) is 18.7 Å². The van der Waals surface area contributed by atoms with Gasteiger partial charge in [-0.2, -0.15) is 0 Å². The summed E-state index contributed by atoms with van der Waals surface area (Å²) in [6.07, 6.45) is 0.702. The minimum absolute atomic E-state index is 0.0912. The van der Waals surface area contributed by atoms with E-state index < -0.39 is 0 Å². The molecular weight excluding hydrogens is 307 g/mol. The van der Waals surface area contributed by atoms with E-state index in [1.165, 1.54) is 6.92 Å². The summed E-state index contributed by atoms with van der Waals surface area (Å²) < 4.78 is 6.14. The Balaban J connectivity index is 3.43. The number of hydrogen-bond acceptors (Lipinski definition) is 3. The van der Waals surface area contributed by atoms with E-state index in [0.29, 0.717) is 29.8 Å². The molecule has 15 heavy (non-hydrogen) atoms. The van der Waals surface area contributed by atoms with Gasteiger partial charge in [-0.25, -0.2) is 0 Å². The maximum Gasteiger partial charge on any atom is 0.164 e. The zero-order chi connectivity index (χ0) is 11.4. The Labute approximate surface area is 102 Å². The number of ketones is 1. The Morgan fingerprint density at radius 1 is 1.53 bits per heavy atom. The van der Waals surface area contributed by atoms with E-state index in [2.05, 4.69) is 22.6 Å². The molecule has 4 heteroatoms.